The van der Waals surface area contributed by atoms with Crippen LogP contribution in [0.3, 0.4) is 0 Å². The number of hydrogen-bond acceptors (Lipinski definition) is 6. The van der Waals surface area contributed by atoms with E-state index in [-0.39, 0.29) is 11.8 Å². The lowest BCUT2D eigenvalue weighted by molar-refractivity contribution is -0.111. The number of rotatable bonds is 9. The molecule has 0 aliphatic carbocycles. The lowest BCUT2D eigenvalue weighted by atomic mass is 10.2. The van der Waals surface area contributed by atoms with E-state index in [1.54, 1.807) is 48.7 Å². The fourth-order valence-corrected chi connectivity index (χ4v) is 4.28. The summed E-state index contributed by atoms with van der Waals surface area (Å²) < 4.78 is 0. The van der Waals surface area contributed by atoms with E-state index in [2.05, 4.69) is 30.9 Å². The molecule has 0 aliphatic rings. The summed E-state index contributed by atoms with van der Waals surface area (Å²) >= 11 is 6.42. The van der Waals surface area contributed by atoms with Crippen molar-refractivity contribution in [3.63, 3.8) is 0 Å². The van der Waals surface area contributed by atoms with Crippen molar-refractivity contribution in [3.8, 4) is 11.4 Å². The molecule has 5 aromatic rings. The van der Waals surface area contributed by atoms with Crippen LogP contribution in [-0.2, 0) is 4.79 Å². The predicted octanol–water partition coefficient (Wildman–Crippen LogP) is 6.33. The molecule has 0 saturated carbocycles. The van der Waals surface area contributed by atoms with Gasteiger partial charge in [0.05, 0.1) is 16.9 Å². The summed E-state index contributed by atoms with van der Waals surface area (Å²) in [7, 11) is 3.85. The van der Waals surface area contributed by atoms with Gasteiger partial charge in [0, 0.05) is 46.1 Å². The molecule has 5 rings (SSSR count). The number of fused-ring (bicyclic) bond motifs is 1. The van der Waals surface area contributed by atoms with Crippen LogP contribution in [-0.4, -0.2) is 52.3 Å². The van der Waals surface area contributed by atoms with Crippen molar-refractivity contribution in [2.24, 2.45) is 0 Å². The molecule has 206 valence electrons. The maximum Gasteiger partial charge on any atom is 0.255 e. The minimum Gasteiger partial charge on any atom is -0.353 e. The van der Waals surface area contributed by atoms with E-state index in [0.717, 1.165) is 16.6 Å². The number of nitrogens with zero attached hydrogens (tertiary/aromatic N) is 3. The number of amides is 2. The number of hydrogen-bond donors (Lipinski definition) is 4. The Morgan fingerprint density at radius 3 is 2.49 bits per heavy atom. The Labute approximate surface area is 242 Å². The number of aromatic amines is 1. The average molecular weight is 566 g/mol. The summed E-state index contributed by atoms with van der Waals surface area (Å²) in [6.45, 7) is 0.669. The van der Waals surface area contributed by atoms with E-state index in [1.165, 1.54) is 6.08 Å². The summed E-state index contributed by atoms with van der Waals surface area (Å²) in [6.07, 6.45) is 4.82. The number of aromatic nitrogens is 3. The fraction of sp³-hybridized carbons (Fsp3) is 0.0968. The van der Waals surface area contributed by atoms with Gasteiger partial charge in [-0.25, -0.2) is 9.97 Å². The highest BCUT2D eigenvalue weighted by Gasteiger charge is 2.12. The van der Waals surface area contributed by atoms with Crippen molar-refractivity contribution >= 4 is 57.3 Å². The van der Waals surface area contributed by atoms with Crippen LogP contribution in [0.2, 0.25) is 5.02 Å². The molecule has 0 atom stereocenters. The molecule has 0 spiro atoms. The normalized spacial score (nSPS) is 11.2. The highest BCUT2D eigenvalue weighted by atomic mass is 35.5. The molecule has 0 fully saturated rings. The molecule has 2 heterocycles. The first-order valence-electron chi connectivity index (χ1n) is 12.9. The average Bonchev–Trinajstić information content (AvgIpc) is 3.39. The van der Waals surface area contributed by atoms with Gasteiger partial charge in [-0.1, -0.05) is 41.9 Å². The Kier molecular flexibility index (Phi) is 8.38. The zero-order chi connectivity index (χ0) is 28.8. The molecule has 0 bridgehead atoms. The van der Waals surface area contributed by atoms with E-state index >= 15 is 0 Å². The maximum atomic E-state index is 12.9. The number of nitrogens with one attached hydrogen (secondary N) is 4. The van der Waals surface area contributed by atoms with Gasteiger partial charge in [0.2, 0.25) is 11.9 Å². The van der Waals surface area contributed by atoms with Crippen LogP contribution in [0.15, 0.2) is 97.2 Å². The molecule has 10 heteroatoms. The Balaban J connectivity index is 1.23. The second kappa shape index (κ2) is 12.5. The number of para-hydroxylation sites is 1. The van der Waals surface area contributed by atoms with Gasteiger partial charge in [0.1, 0.15) is 5.69 Å². The number of anilines is 4. The molecule has 9 nitrogen and oxygen atoms in total. The van der Waals surface area contributed by atoms with Crippen molar-refractivity contribution in [1.29, 1.82) is 0 Å². The van der Waals surface area contributed by atoms with Crippen LogP contribution in [0, 0.1) is 0 Å². The third-order valence-electron chi connectivity index (χ3n) is 6.06. The summed E-state index contributed by atoms with van der Waals surface area (Å²) in [5.74, 6) is -0.151. The summed E-state index contributed by atoms with van der Waals surface area (Å²) in [6, 6.07) is 23.9. The number of likely N-dealkylation sites (N-methyl/N-ethyl adjacent to an activating group) is 1. The van der Waals surface area contributed by atoms with Crippen LogP contribution in [0.4, 0.5) is 23.0 Å². The van der Waals surface area contributed by atoms with Gasteiger partial charge in [0.25, 0.3) is 5.91 Å². The molecule has 2 amide bonds. The first-order chi connectivity index (χ1) is 19.8. The van der Waals surface area contributed by atoms with Crippen molar-refractivity contribution in [2.45, 2.75) is 0 Å². The molecule has 2 aromatic heterocycles. The molecule has 0 saturated heterocycles. The monoisotopic (exact) mass is 565 g/mol. The van der Waals surface area contributed by atoms with Crippen LogP contribution < -0.4 is 16.0 Å². The first kappa shape index (κ1) is 27.6. The SMILES string of the molecule is CN(C)CC=CC(=O)Nc1ccc(C(=O)Nc2cccc(Nc3ncc(Cl)c(-c4cc5ccccc5[nH]4)n3)c2)cc1. The molecule has 4 N–H and O–H groups in total. The van der Waals surface area contributed by atoms with Crippen molar-refractivity contribution in [1.82, 2.24) is 19.9 Å². The Morgan fingerprint density at radius 2 is 1.71 bits per heavy atom. The smallest absolute Gasteiger partial charge is 0.255 e. The van der Waals surface area contributed by atoms with Gasteiger partial charge in [-0.2, -0.15) is 0 Å². The number of carbonyl (C=O) groups excluding carboxylic acids is 2. The predicted molar refractivity (Wildman–Crippen MR) is 165 cm³/mol. The largest absolute Gasteiger partial charge is 0.353 e. The zero-order valence-electron chi connectivity index (χ0n) is 22.5. The van der Waals surface area contributed by atoms with Crippen LogP contribution in [0.1, 0.15) is 10.4 Å². The van der Waals surface area contributed by atoms with Gasteiger partial charge in [-0.15, -0.1) is 0 Å². The third-order valence-corrected chi connectivity index (χ3v) is 6.34. The summed E-state index contributed by atoms with van der Waals surface area (Å²) in [5, 5.41) is 10.3. The van der Waals surface area contributed by atoms with Gasteiger partial charge in [-0.05, 0) is 68.7 Å². The van der Waals surface area contributed by atoms with E-state index < -0.39 is 0 Å². The van der Waals surface area contributed by atoms with Crippen molar-refractivity contribution in [2.75, 3.05) is 36.6 Å². The van der Waals surface area contributed by atoms with Crippen molar-refractivity contribution in [3.05, 3.63) is 108 Å². The number of carbonyl (C=O) groups is 2. The topological polar surface area (TPSA) is 115 Å². The molecule has 0 radical (unpaired) electrons. The zero-order valence-corrected chi connectivity index (χ0v) is 23.2. The van der Waals surface area contributed by atoms with Gasteiger partial charge in [-0.3, -0.25) is 9.59 Å². The van der Waals surface area contributed by atoms with Gasteiger partial charge in [0.15, 0.2) is 0 Å². The minimum atomic E-state index is -0.283. The van der Waals surface area contributed by atoms with Crippen LogP contribution >= 0.6 is 11.6 Å². The van der Waals surface area contributed by atoms with E-state index in [9.17, 15) is 9.59 Å². The summed E-state index contributed by atoms with van der Waals surface area (Å²) in [4.78, 5) is 39.1. The molecule has 3 aromatic carbocycles. The lowest BCUT2D eigenvalue weighted by Gasteiger charge is -2.10. The van der Waals surface area contributed by atoms with Crippen molar-refractivity contribution < 1.29 is 9.59 Å². The molecule has 41 heavy (non-hydrogen) atoms. The highest BCUT2D eigenvalue weighted by Crippen LogP contribution is 2.29. The molecule has 0 aliphatic heterocycles. The highest BCUT2D eigenvalue weighted by molar-refractivity contribution is 6.32. The van der Waals surface area contributed by atoms with Crippen LogP contribution in [0.25, 0.3) is 22.3 Å². The van der Waals surface area contributed by atoms with Gasteiger partial charge < -0.3 is 25.8 Å². The first-order valence-corrected chi connectivity index (χ1v) is 13.2. The molecular weight excluding hydrogens is 538 g/mol. The molecular formula is C31H28ClN7O2. The number of H-pyrrole nitrogens is 1. The summed E-state index contributed by atoms with van der Waals surface area (Å²) in [5.41, 5.74) is 4.68. The quantitative estimate of drug-likeness (QED) is 0.155. The van der Waals surface area contributed by atoms with E-state index in [0.29, 0.717) is 45.8 Å². The standard InChI is InChI=1S/C31H28ClN7O2/c1-39(2)16-6-11-28(40)34-22-14-12-20(13-15-22)30(41)35-23-8-5-9-24(18-23)36-31-33-19-25(32)29(38-31)27-17-21-7-3-4-10-26(21)37-27/h3-15,17-19,37H,16H2,1-2H3,(H,34,40)(H,35,41)(H,33,36,38). The number of halogens is 1. The van der Waals surface area contributed by atoms with E-state index in [4.69, 9.17) is 11.6 Å². The minimum absolute atomic E-state index is 0.230. The lowest BCUT2D eigenvalue weighted by Crippen LogP contribution is -2.13. The second-order valence-corrected chi connectivity index (χ2v) is 9.96. The maximum absolute atomic E-state index is 12.9. The second-order valence-electron chi connectivity index (χ2n) is 9.55. The Bertz CT molecular complexity index is 1700. The molecule has 0 unspecified atom stereocenters. The Morgan fingerprint density at radius 1 is 0.927 bits per heavy atom. The van der Waals surface area contributed by atoms with Gasteiger partial charge >= 0.3 is 0 Å². The van der Waals surface area contributed by atoms with Crippen LogP contribution in [0.5, 0.6) is 0 Å². The van der Waals surface area contributed by atoms with E-state index in [1.807, 2.05) is 61.5 Å². The number of benzene rings is 3. The fourth-order valence-electron chi connectivity index (χ4n) is 4.08. The third kappa shape index (κ3) is 7.16. The Hall–Kier alpha value is -4.99.